The summed E-state index contributed by atoms with van der Waals surface area (Å²) in [4.78, 5) is 29.6. The quantitative estimate of drug-likeness (QED) is 0.473. The van der Waals surface area contributed by atoms with Gasteiger partial charge >= 0.3 is 0 Å². The highest BCUT2D eigenvalue weighted by Gasteiger charge is 2.31. The molecule has 0 spiro atoms. The number of nitrogens with one attached hydrogen (secondary N) is 1. The van der Waals surface area contributed by atoms with Gasteiger partial charge in [-0.3, -0.25) is 14.5 Å². The van der Waals surface area contributed by atoms with Crippen LogP contribution in [0.15, 0.2) is 36.4 Å². The van der Waals surface area contributed by atoms with Crippen LogP contribution in [0.1, 0.15) is 43.7 Å². The van der Waals surface area contributed by atoms with E-state index in [1.54, 1.807) is 44.2 Å². The van der Waals surface area contributed by atoms with Crippen LogP contribution in [0.3, 0.4) is 0 Å². The number of hydrogen-bond acceptors (Lipinski definition) is 7. The first-order valence-electron chi connectivity index (χ1n) is 12.5. The van der Waals surface area contributed by atoms with Crippen LogP contribution in [0.25, 0.3) is 11.4 Å². The van der Waals surface area contributed by atoms with Gasteiger partial charge in [0.15, 0.2) is 11.5 Å². The highest BCUT2D eigenvalue weighted by atomic mass is 16.5. The van der Waals surface area contributed by atoms with Crippen LogP contribution in [-0.4, -0.2) is 58.3 Å². The Labute approximate surface area is 216 Å². The molecule has 10 heteroatoms. The molecule has 196 valence electrons. The minimum absolute atomic E-state index is 0.159. The standard InChI is InChI=1S/C27H34N6O4/c1-17-10-12-22(18(2)14-17)33(19(3)27(35)28-21-8-6-7-9-21)25(34)16-32-30-26(29-31-32)20-11-13-23(36-4)24(15-20)37-5/h10-15,19,21H,6-9,16H2,1-5H3,(H,28,35). The summed E-state index contributed by atoms with van der Waals surface area (Å²) in [5.41, 5.74) is 3.34. The number of anilines is 1. The van der Waals surface area contributed by atoms with Gasteiger partial charge in [0.1, 0.15) is 12.6 Å². The summed E-state index contributed by atoms with van der Waals surface area (Å²) in [5.74, 6) is 0.993. The van der Waals surface area contributed by atoms with Crippen molar-refractivity contribution in [1.29, 1.82) is 0 Å². The molecule has 0 bridgehead atoms. The fourth-order valence-electron chi connectivity index (χ4n) is 4.74. The second-order valence-electron chi connectivity index (χ2n) is 9.43. The van der Waals surface area contributed by atoms with Gasteiger partial charge in [-0.2, -0.15) is 4.80 Å². The molecule has 1 N–H and O–H groups in total. The lowest BCUT2D eigenvalue weighted by molar-refractivity contribution is -0.127. The molecule has 3 aromatic rings. The second kappa shape index (κ2) is 11.4. The maximum atomic E-state index is 13.6. The molecule has 1 aliphatic rings. The van der Waals surface area contributed by atoms with Gasteiger partial charge in [0.2, 0.25) is 11.7 Å². The largest absolute Gasteiger partial charge is 0.493 e. The normalized spacial score (nSPS) is 14.3. The van der Waals surface area contributed by atoms with E-state index in [2.05, 4.69) is 20.7 Å². The van der Waals surface area contributed by atoms with E-state index in [4.69, 9.17) is 9.47 Å². The maximum Gasteiger partial charge on any atom is 0.251 e. The Kier molecular flexibility index (Phi) is 8.05. The average molecular weight is 507 g/mol. The van der Waals surface area contributed by atoms with Crippen LogP contribution >= 0.6 is 0 Å². The van der Waals surface area contributed by atoms with Crippen molar-refractivity contribution in [3.05, 3.63) is 47.5 Å². The predicted octanol–water partition coefficient (Wildman–Crippen LogP) is 3.45. The van der Waals surface area contributed by atoms with Gasteiger partial charge in [-0.05, 0) is 68.7 Å². The number of tetrazole rings is 1. The first-order chi connectivity index (χ1) is 17.8. The van der Waals surface area contributed by atoms with Crippen molar-refractivity contribution in [2.75, 3.05) is 19.1 Å². The summed E-state index contributed by atoms with van der Waals surface area (Å²) in [6, 6.07) is 10.6. The molecule has 1 saturated carbocycles. The Balaban J connectivity index is 1.57. The molecule has 1 aromatic heterocycles. The molecule has 37 heavy (non-hydrogen) atoms. The van der Waals surface area contributed by atoms with Crippen LogP contribution in [0, 0.1) is 13.8 Å². The third kappa shape index (κ3) is 5.90. The first-order valence-corrected chi connectivity index (χ1v) is 12.5. The highest BCUT2D eigenvalue weighted by Crippen LogP contribution is 2.31. The molecule has 1 fully saturated rings. The van der Waals surface area contributed by atoms with E-state index in [1.807, 2.05) is 32.0 Å². The fraction of sp³-hybridized carbons (Fsp3) is 0.444. The van der Waals surface area contributed by atoms with Crippen molar-refractivity contribution in [3.63, 3.8) is 0 Å². The van der Waals surface area contributed by atoms with E-state index in [0.29, 0.717) is 28.6 Å². The Bertz CT molecular complexity index is 1270. The number of methoxy groups -OCH3 is 2. The van der Waals surface area contributed by atoms with E-state index in [0.717, 1.165) is 36.8 Å². The maximum absolute atomic E-state index is 13.6. The summed E-state index contributed by atoms with van der Waals surface area (Å²) < 4.78 is 10.6. The molecule has 10 nitrogen and oxygen atoms in total. The number of amides is 2. The first kappa shape index (κ1) is 26.1. The van der Waals surface area contributed by atoms with Gasteiger partial charge in [-0.25, -0.2) is 0 Å². The van der Waals surface area contributed by atoms with Gasteiger partial charge < -0.3 is 14.8 Å². The minimum atomic E-state index is -0.705. The lowest BCUT2D eigenvalue weighted by atomic mass is 10.1. The van der Waals surface area contributed by atoms with Gasteiger partial charge in [0.25, 0.3) is 5.91 Å². The zero-order valence-electron chi connectivity index (χ0n) is 22.0. The van der Waals surface area contributed by atoms with E-state index in [1.165, 1.54) is 4.80 Å². The van der Waals surface area contributed by atoms with E-state index in [9.17, 15) is 9.59 Å². The molecule has 1 aliphatic carbocycles. The zero-order valence-corrected chi connectivity index (χ0v) is 22.0. The molecule has 2 amide bonds. The summed E-state index contributed by atoms with van der Waals surface area (Å²) in [7, 11) is 3.12. The number of rotatable bonds is 9. The minimum Gasteiger partial charge on any atom is -0.493 e. The van der Waals surface area contributed by atoms with Crippen molar-refractivity contribution in [3.8, 4) is 22.9 Å². The molecule has 2 aromatic carbocycles. The average Bonchev–Trinajstić information content (AvgIpc) is 3.57. The lowest BCUT2D eigenvalue weighted by Crippen LogP contribution is -2.51. The molecule has 1 unspecified atom stereocenters. The number of carbonyl (C=O) groups is 2. The third-order valence-electron chi connectivity index (χ3n) is 6.72. The molecule has 0 saturated heterocycles. The van der Waals surface area contributed by atoms with Crippen LogP contribution in [0.4, 0.5) is 5.69 Å². The smallest absolute Gasteiger partial charge is 0.251 e. The van der Waals surface area contributed by atoms with Crippen LogP contribution in [0.2, 0.25) is 0 Å². The van der Waals surface area contributed by atoms with Gasteiger partial charge in [-0.15, -0.1) is 10.2 Å². The monoisotopic (exact) mass is 506 g/mol. The number of aromatic nitrogens is 4. The molecule has 0 aliphatic heterocycles. The Morgan fingerprint density at radius 2 is 1.81 bits per heavy atom. The summed E-state index contributed by atoms with van der Waals surface area (Å²) in [5, 5.41) is 15.7. The number of benzene rings is 2. The Morgan fingerprint density at radius 3 is 2.49 bits per heavy atom. The molecule has 1 atom stereocenters. The highest BCUT2D eigenvalue weighted by molar-refractivity contribution is 6.01. The molecule has 0 radical (unpaired) electrons. The topological polar surface area (TPSA) is 111 Å². The molecule has 1 heterocycles. The number of nitrogens with zero attached hydrogens (tertiary/aromatic N) is 5. The van der Waals surface area contributed by atoms with E-state index < -0.39 is 6.04 Å². The fourth-order valence-corrected chi connectivity index (χ4v) is 4.74. The summed E-state index contributed by atoms with van der Waals surface area (Å²) in [6.07, 6.45) is 4.16. The predicted molar refractivity (Wildman–Crippen MR) is 140 cm³/mol. The molecule has 4 rings (SSSR count). The zero-order chi connectivity index (χ0) is 26.5. The summed E-state index contributed by atoms with van der Waals surface area (Å²) >= 11 is 0. The second-order valence-corrected chi connectivity index (χ2v) is 9.43. The summed E-state index contributed by atoms with van der Waals surface area (Å²) in [6.45, 7) is 5.52. The number of hydrogen-bond donors (Lipinski definition) is 1. The van der Waals surface area contributed by atoms with Crippen LogP contribution < -0.4 is 19.7 Å². The third-order valence-corrected chi connectivity index (χ3v) is 6.72. The van der Waals surface area contributed by atoms with Crippen LogP contribution in [0.5, 0.6) is 11.5 Å². The van der Waals surface area contributed by atoms with Gasteiger partial charge in [-0.1, -0.05) is 30.5 Å². The van der Waals surface area contributed by atoms with Crippen LogP contribution in [-0.2, 0) is 16.1 Å². The van der Waals surface area contributed by atoms with Crippen molar-refractivity contribution >= 4 is 17.5 Å². The van der Waals surface area contributed by atoms with Crippen molar-refractivity contribution in [1.82, 2.24) is 25.5 Å². The Morgan fingerprint density at radius 1 is 1.08 bits per heavy atom. The SMILES string of the molecule is COc1ccc(-c2nnn(CC(=O)N(c3ccc(C)cc3C)C(C)C(=O)NC3CCCC3)n2)cc1OC. The van der Waals surface area contributed by atoms with E-state index in [-0.39, 0.29) is 24.4 Å². The van der Waals surface area contributed by atoms with Crippen molar-refractivity contribution < 1.29 is 19.1 Å². The van der Waals surface area contributed by atoms with Gasteiger partial charge in [0, 0.05) is 17.3 Å². The van der Waals surface area contributed by atoms with Gasteiger partial charge in [0.05, 0.1) is 14.2 Å². The number of ether oxygens (including phenoxy) is 2. The number of carbonyl (C=O) groups excluding carboxylic acids is 2. The van der Waals surface area contributed by atoms with Crippen molar-refractivity contribution in [2.45, 2.75) is 65.1 Å². The molecular formula is C27H34N6O4. The molecular weight excluding hydrogens is 472 g/mol. The lowest BCUT2D eigenvalue weighted by Gasteiger charge is -2.30. The van der Waals surface area contributed by atoms with E-state index >= 15 is 0 Å². The van der Waals surface area contributed by atoms with Crippen molar-refractivity contribution in [2.24, 2.45) is 0 Å². The Hall–Kier alpha value is -3.95. The number of aryl methyl sites for hydroxylation is 2.